The number of ether oxygens (including phenoxy) is 1. The molecule has 2 N–H and O–H groups in total. The Morgan fingerprint density at radius 1 is 0.829 bits per heavy atom. The second kappa shape index (κ2) is 12.4. The van der Waals surface area contributed by atoms with E-state index in [1.165, 1.54) is 21.3 Å². The maximum atomic E-state index is 13.1. The number of hydrogen-bond donors (Lipinski definition) is 2. The first-order valence-corrected chi connectivity index (χ1v) is 12.7. The molecule has 0 unspecified atom stereocenters. The van der Waals surface area contributed by atoms with Crippen molar-refractivity contribution in [1.82, 2.24) is 5.32 Å². The smallest absolute Gasteiger partial charge is 0.343 e. The molecule has 0 fully saturated rings. The molecule has 0 aliphatic rings. The highest BCUT2D eigenvalue weighted by Crippen LogP contribution is 2.44. The van der Waals surface area contributed by atoms with E-state index in [2.05, 4.69) is 10.6 Å². The normalized spacial score (nSPS) is 12.1. The van der Waals surface area contributed by atoms with Crippen molar-refractivity contribution in [2.75, 3.05) is 32.9 Å². The van der Waals surface area contributed by atoms with E-state index in [9.17, 15) is 14.2 Å². The fourth-order valence-corrected chi connectivity index (χ4v) is 4.27. The van der Waals surface area contributed by atoms with E-state index >= 15 is 0 Å². The average Bonchev–Trinajstić information content (AvgIpc) is 2.91. The molecule has 9 heteroatoms. The third-order valence-electron chi connectivity index (χ3n) is 5.48. The van der Waals surface area contributed by atoms with Gasteiger partial charge in [0, 0.05) is 19.9 Å². The van der Waals surface area contributed by atoms with Gasteiger partial charge < -0.3 is 19.1 Å². The zero-order valence-corrected chi connectivity index (χ0v) is 20.8. The van der Waals surface area contributed by atoms with Crippen molar-refractivity contribution >= 4 is 25.2 Å². The van der Waals surface area contributed by atoms with Gasteiger partial charge >= 0.3 is 13.6 Å². The largest absolute Gasteiger partial charge is 0.465 e. The standard InChI is InChI=1S/C26H29N2O6P/c1-32-26(30)22-13-15-23(16-14-22)28-25(29)24(27-18-35(31,33-2)34-3)17-19-9-11-21(12-10-19)20-7-5-4-6-8-20/h4-16,24,27H,17-18H2,1-3H3,(H,28,29)/t24-/m0/s1. The predicted molar refractivity (Wildman–Crippen MR) is 135 cm³/mol. The Morgan fingerprint density at radius 2 is 1.43 bits per heavy atom. The molecule has 1 amide bonds. The van der Waals surface area contributed by atoms with Crippen LogP contribution in [0.2, 0.25) is 0 Å². The highest BCUT2D eigenvalue weighted by atomic mass is 31.2. The number of nitrogens with one attached hydrogen (secondary N) is 2. The first-order chi connectivity index (χ1) is 16.9. The molecule has 3 aromatic carbocycles. The number of rotatable bonds is 11. The summed E-state index contributed by atoms with van der Waals surface area (Å²) in [5, 5.41) is 5.85. The van der Waals surface area contributed by atoms with Crippen LogP contribution in [0.15, 0.2) is 78.9 Å². The lowest BCUT2D eigenvalue weighted by Gasteiger charge is -2.21. The van der Waals surface area contributed by atoms with Crippen molar-refractivity contribution < 1.29 is 27.9 Å². The van der Waals surface area contributed by atoms with Crippen molar-refractivity contribution in [2.24, 2.45) is 0 Å². The Morgan fingerprint density at radius 3 is 2.00 bits per heavy atom. The van der Waals surface area contributed by atoms with Gasteiger partial charge in [-0.2, -0.15) is 0 Å². The topological polar surface area (TPSA) is 103 Å². The number of carbonyl (C=O) groups excluding carboxylic acids is 2. The van der Waals surface area contributed by atoms with Crippen LogP contribution in [0.5, 0.6) is 0 Å². The summed E-state index contributed by atoms with van der Waals surface area (Å²) in [6, 6.07) is 23.6. The summed E-state index contributed by atoms with van der Waals surface area (Å²) in [5.74, 6) is -0.794. The van der Waals surface area contributed by atoms with Gasteiger partial charge in [-0.1, -0.05) is 54.6 Å². The molecule has 0 aromatic heterocycles. The molecular weight excluding hydrogens is 467 g/mol. The van der Waals surface area contributed by atoms with Gasteiger partial charge in [0.15, 0.2) is 0 Å². The van der Waals surface area contributed by atoms with Crippen LogP contribution in [0.25, 0.3) is 11.1 Å². The van der Waals surface area contributed by atoms with Crippen LogP contribution in [0.1, 0.15) is 15.9 Å². The molecule has 0 aliphatic carbocycles. The molecule has 0 bridgehead atoms. The van der Waals surface area contributed by atoms with Crippen LogP contribution >= 0.6 is 7.60 Å². The van der Waals surface area contributed by atoms with Gasteiger partial charge in [-0.3, -0.25) is 14.7 Å². The molecule has 0 spiro atoms. The first kappa shape index (κ1) is 26.3. The van der Waals surface area contributed by atoms with Crippen LogP contribution in [0, 0.1) is 0 Å². The van der Waals surface area contributed by atoms with Crippen molar-refractivity contribution in [3.05, 3.63) is 90.0 Å². The van der Waals surface area contributed by atoms with Gasteiger partial charge in [0.1, 0.15) is 0 Å². The van der Waals surface area contributed by atoms with Crippen LogP contribution < -0.4 is 10.6 Å². The minimum absolute atomic E-state index is 0.137. The van der Waals surface area contributed by atoms with E-state index in [0.29, 0.717) is 17.7 Å². The molecule has 0 radical (unpaired) electrons. The van der Waals surface area contributed by atoms with E-state index < -0.39 is 19.6 Å². The van der Waals surface area contributed by atoms with E-state index in [1.54, 1.807) is 24.3 Å². The molecule has 0 aliphatic heterocycles. The molecule has 3 aromatic rings. The minimum Gasteiger partial charge on any atom is -0.465 e. The highest BCUT2D eigenvalue weighted by Gasteiger charge is 2.26. The van der Waals surface area contributed by atoms with Crippen molar-refractivity contribution in [3.63, 3.8) is 0 Å². The second-order valence-electron chi connectivity index (χ2n) is 7.72. The lowest BCUT2D eigenvalue weighted by atomic mass is 10.0. The van der Waals surface area contributed by atoms with E-state index in [0.717, 1.165) is 16.7 Å². The van der Waals surface area contributed by atoms with Crippen LogP contribution in [0.4, 0.5) is 5.69 Å². The SMILES string of the molecule is COC(=O)c1ccc(NC(=O)[C@H](Cc2ccc(-c3ccccc3)cc2)NCP(=O)(OC)OC)cc1. The quantitative estimate of drug-likeness (QED) is 0.292. The van der Waals surface area contributed by atoms with Crippen LogP contribution in [-0.4, -0.2) is 45.5 Å². The third kappa shape index (κ3) is 7.34. The molecule has 3 rings (SSSR count). The predicted octanol–water partition coefficient (Wildman–Crippen LogP) is 4.72. The molecule has 1 atom stereocenters. The molecule has 0 saturated heterocycles. The number of carbonyl (C=O) groups is 2. The maximum absolute atomic E-state index is 13.1. The lowest BCUT2D eigenvalue weighted by molar-refractivity contribution is -0.118. The van der Waals surface area contributed by atoms with Gasteiger partial charge in [0.25, 0.3) is 0 Å². The fraction of sp³-hybridized carbons (Fsp3) is 0.231. The number of benzene rings is 3. The van der Waals surface area contributed by atoms with Gasteiger partial charge in [-0.25, -0.2) is 4.79 Å². The van der Waals surface area contributed by atoms with E-state index in [1.807, 2.05) is 54.6 Å². The molecular formula is C26H29N2O6P. The number of amides is 1. The maximum Gasteiger partial charge on any atom is 0.343 e. The summed E-state index contributed by atoms with van der Waals surface area (Å²) < 4.78 is 27.2. The highest BCUT2D eigenvalue weighted by molar-refractivity contribution is 7.53. The van der Waals surface area contributed by atoms with Crippen molar-refractivity contribution in [1.29, 1.82) is 0 Å². The summed E-state index contributed by atoms with van der Waals surface area (Å²) in [6.45, 7) is 0. The number of anilines is 1. The zero-order chi connectivity index (χ0) is 25.3. The zero-order valence-electron chi connectivity index (χ0n) is 19.9. The minimum atomic E-state index is -3.37. The number of esters is 1. The molecule has 8 nitrogen and oxygen atoms in total. The first-order valence-electron chi connectivity index (χ1n) is 10.9. The summed E-state index contributed by atoms with van der Waals surface area (Å²) in [5.41, 5.74) is 3.97. The Labute approximate surface area is 205 Å². The summed E-state index contributed by atoms with van der Waals surface area (Å²) in [6.07, 6.45) is 0.204. The average molecular weight is 497 g/mol. The Bertz CT molecular complexity index is 1160. The molecule has 0 heterocycles. The Kier molecular flexibility index (Phi) is 9.34. The summed E-state index contributed by atoms with van der Waals surface area (Å²) >= 11 is 0. The van der Waals surface area contributed by atoms with Crippen LogP contribution in [-0.2, 0) is 29.6 Å². The monoisotopic (exact) mass is 496 g/mol. The summed E-state index contributed by atoms with van der Waals surface area (Å²) in [4.78, 5) is 24.8. The second-order valence-corrected chi connectivity index (χ2v) is 9.98. The number of methoxy groups -OCH3 is 1. The molecule has 35 heavy (non-hydrogen) atoms. The van der Waals surface area contributed by atoms with Gasteiger partial charge in [-0.05, 0) is 47.4 Å². The third-order valence-corrected chi connectivity index (χ3v) is 7.16. The van der Waals surface area contributed by atoms with Crippen molar-refractivity contribution in [3.8, 4) is 11.1 Å². The van der Waals surface area contributed by atoms with E-state index in [4.69, 9.17) is 13.8 Å². The molecule has 0 saturated carbocycles. The molecule has 184 valence electrons. The van der Waals surface area contributed by atoms with Crippen molar-refractivity contribution in [2.45, 2.75) is 12.5 Å². The van der Waals surface area contributed by atoms with Gasteiger partial charge in [-0.15, -0.1) is 0 Å². The number of hydrogen-bond acceptors (Lipinski definition) is 7. The van der Waals surface area contributed by atoms with Gasteiger partial charge in [0.2, 0.25) is 5.91 Å². The fourth-order valence-electron chi connectivity index (χ4n) is 3.42. The van der Waals surface area contributed by atoms with Crippen LogP contribution in [0.3, 0.4) is 0 Å². The Hall–Kier alpha value is -3.29. The summed E-state index contributed by atoms with van der Waals surface area (Å²) in [7, 11) is 0.527. The Balaban J connectivity index is 1.75. The van der Waals surface area contributed by atoms with E-state index in [-0.39, 0.29) is 12.2 Å². The van der Waals surface area contributed by atoms with Gasteiger partial charge in [0.05, 0.1) is 25.0 Å². The lowest BCUT2D eigenvalue weighted by Crippen LogP contribution is -2.42.